The number of rotatable bonds is 4. The molecule has 192 valence electrons. The van der Waals surface area contributed by atoms with Crippen LogP contribution in [-0.4, -0.2) is 0 Å². The Bertz CT molecular complexity index is 2380. The van der Waals surface area contributed by atoms with Crippen molar-refractivity contribution in [2.45, 2.75) is 0 Å². The molecule has 0 aliphatic carbocycles. The van der Waals surface area contributed by atoms with Gasteiger partial charge in [0.2, 0.25) is 0 Å². The number of thiophene rings is 1. The fraction of sp³-hybridized carbons (Fsp3) is 0. The second kappa shape index (κ2) is 9.89. The van der Waals surface area contributed by atoms with E-state index in [1.54, 1.807) is 11.3 Å². The molecule has 0 aliphatic rings. The molecule has 1 aromatic heterocycles. The van der Waals surface area contributed by atoms with Crippen LogP contribution in [-0.2, 0) is 0 Å². The van der Waals surface area contributed by atoms with E-state index in [1.165, 1.54) is 10.3 Å². The van der Waals surface area contributed by atoms with E-state index in [4.69, 9.17) is 6.85 Å². The minimum Gasteiger partial charge on any atom is -0.142 e. The van der Waals surface area contributed by atoms with Gasteiger partial charge in [-0.25, -0.2) is 0 Å². The molecule has 7 aromatic carbocycles. The first kappa shape index (κ1) is 19.2. The predicted octanol–water partition coefficient (Wildman–Crippen LogP) is 11.9. The van der Waals surface area contributed by atoms with Crippen LogP contribution in [0.4, 0.5) is 0 Å². The molecule has 41 heavy (non-hydrogen) atoms. The van der Waals surface area contributed by atoms with Gasteiger partial charge in [-0.1, -0.05) is 139 Å². The Morgan fingerprint density at radius 1 is 0.415 bits per heavy atom. The summed E-state index contributed by atoms with van der Waals surface area (Å²) < 4.78 is 44.0. The van der Waals surface area contributed by atoms with Crippen molar-refractivity contribution in [3.63, 3.8) is 0 Å². The van der Waals surface area contributed by atoms with E-state index >= 15 is 0 Å². The summed E-state index contributed by atoms with van der Waals surface area (Å²) >= 11 is 1.73. The van der Waals surface area contributed by atoms with Crippen molar-refractivity contribution in [3.05, 3.63) is 157 Å². The Kier molecular flexibility index (Phi) is 4.62. The maximum Gasteiger partial charge on any atom is 0.0629 e. The van der Waals surface area contributed by atoms with Gasteiger partial charge in [-0.15, -0.1) is 11.3 Å². The Balaban J connectivity index is 1.51. The fourth-order valence-electron chi connectivity index (χ4n) is 6.02. The van der Waals surface area contributed by atoms with E-state index in [0.29, 0.717) is 5.56 Å². The molecule has 0 amide bonds. The van der Waals surface area contributed by atoms with E-state index in [0.717, 1.165) is 54.7 Å². The largest absolute Gasteiger partial charge is 0.142 e. The quantitative estimate of drug-likeness (QED) is 0.194. The first-order valence-electron chi connectivity index (χ1n) is 16.1. The van der Waals surface area contributed by atoms with Gasteiger partial charge in [-0.2, -0.15) is 0 Å². The maximum absolute atomic E-state index is 8.86. The van der Waals surface area contributed by atoms with E-state index < -0.39 is 6.04 Å². The molecule has 0 saturated heterocycles. The SMILES string of the molecule is [2H]c1c([2H])c([2H])c(-c2c3ccccc3c(-c3csc4c(-c5ccccc5)cc(-c5ccccc5)cc34)c3ccccc23)c([2H])c1[2H]. The summed E-state index contributed by atoms with van der Waals surface area (Å²) in [5.74, 6) is 0. The molecular formula is C40H26S. The average Bonchev–Trinajstić information content (AvgIpc) is 3.53. The van der Waals surface area contributed by atoms with Crippen LogP contribution < -0.4 is 0 Å². The van der Waals surface area contributed by atoms with E-state index in [2.05, 4.69) is 78.2 Å². The van der Waals surface area contributed by atoms with Crippen LogP contribution in [0.25, 0.3) is 76.1 Å². The van der Waals surface area contributed by atoms with Gasteiger partial charge in [0.1, 0.15) is 0 Å². The van der Waals surface area contributed by atoms with Crippen LogP contribution in [0.5, 0.6) is 0 Å². The normalized spacial score (nSPS) is 13.1. The second-order valence-electron chi connectivity index (χ2n) is 10.1. The van der Waals surface area contributed by atoms with Gasteiger partial charge in [0, 0.05) is 21.2 Å². The van der Waals surface area contributed by atoms with E-state index in [-0.39, 0.29) is 29.7 Å². The maximum atomic E-state index is 8.86. The Morgan fingerprint density at radius 3 is 1.56 bits per heavy atom. The van der Waals surface area contributed by atoms with Crippen LogP contribution in [0.1, 0.15) is 6.85 Å². The second-order valence-corrected chi connectivity index (χ2v) is 11.0. The van der Waals surface area contributed by atoms with Crippen molar-refractivity contribution < 1.29 is 6.85 Å². The zero-order chi connectivity index (χ0) is 31.5. The van der Waals surface area contributed by atoms with Crippen LogP contribution >= 0.6 is 11.3 Å². The Morgan fingerprint density at radius 2 is 0.951 bits per heavy atom. The molecule has 0 radical (unpaired) electrons. The lowest BCUT2D eigenvalue weighted by atomic mass is 9.85. The monoisotopic (exact) mass is 543 g/mol. The molecular weight excluding hydrogens is 513 g/mol. The molecule has 0 atom stereocenters. The molecule has 8 aromatic rings. The van der Waals surface area contributed by atoms with Gasteiger partial charge >= 0.3 is 0 Å². The van der Waals surface area contributed by atoms with Crippen molar-refractivity contribution in [2.24, 2.45) is 0 Å². The van der Waals surface area contributed by atoms with E-state index in [1.807, 2.05) is 48.5 Å². The lowest BCUT2D eigenvalue weighted by Gasteiger charge is -2.17. The zero-order valence-electron chi connectivity index (χ0n) is 27.0. The number of benzene rings is 7. The van der Waals surface area contributed by atoms with Crippen molar-refractivity contribution in [3.8, 4) is 44.5 Å². The number of fused-ring (bicyclic) bond motifs is 3. The highest BCUT2D eigenvalue weighted by molar-refractivity contribution is 7.18. The van der Waals surface area contributed by atoms with Gasteiger partial charge in [-0.05, 0) is 72.4 Å². The molecule has 1 heterocycles. The summed E-state index contributed by atoms with van der Waals surface area (Å²) in [6.45, 7) is 0. The third-order valence-corrected chi connectivity index (χ3v) is 8.85. The molecule has 0 bridgehead atoms. The summed E-state index contributed by atoms with van der Waals surface area (Å²) in [7, 11) is 0. The summed E-state index contributed by atoms with van der Waals surface area (Å²) in [5, 5.41) is 7.01. The van der Waals surface area contributed by atoms with Crippen molar-refractivity contribution in [2.75, 3.05) is 0 Å². The summed E-state index contributed by atoms with van der Waals surface area (Å²) in [5.41, 5.74) is 7.66. The average molecular weight is 544 g/mol. The van der Waals surface area contributed by atoms with Gasteiger partial charge in [0.05, 0.1) is 6.85 Å². The topological polar surface area (TPSA) is 0 Å². The Labute approximate surface area is 250 Å². The lowest BCUT2D eigenvalue weighted by Crippen LogP contribution is -1.90. The molecule has 0 spiro atoms. The summed E-state index contributed by atoms with van der Waals surface area (Å²) in [6.07, 6.45) is 0. The van der Waals surface area contributed by atoms with Gasteiger partial charge in [0.25, 0.3) is 0 Å². The molecule has 0 nitrogen and oxygen atoms in total. The highest BCUT2D eigenvalue weighted by Crippen LogP contribution is 2.48. The summed E-state index contributed by atoms with van der Waals surface area (Å²) in [4.78, 5) is 0. The molecule has 0 fully saturated rings. The first-order chi connectivity index (χ1) is 22.4. The fourth-order valence-corrected chi connectivity index (χ4v) is 7.10. The van der Waals surface area contributed by atoms with E-state index in [9.17, 15) is 0 Å². The van der Waals surface area contributed by atoms with Gasteiger partial charge < -0.3 is 0 Å². The highest BCUT2D eigenvalue weighted by Gasteiger charge is 2.20. The molecule has 0 N–H and O–H groups in total. The third kappa shape index (κ3) is 3.97. The minimum atomic E-state index is -0.392. The lowest BCUT2D eigenvalue weighted by molar-refractivity contribution is 1.63. The smallest absolute Gasteiger partial charge is 0.0629 e. The van der Waals surface area contributed by atoms with Crippen LogP contribution in [0.3, 0.4) is 0 Å². The molecule has 8 rings (SSSR count). The third-order valence-electron chi connectivity index (χ3n) is 7.82. The summed E-state index contributed by atoms with van der Waals surface area (Å²) in [6, 6.07) is 40.1. The van der Waals surface area contributed by atoms with Crippen molar-refractivity contribution >= 4 is 43.0 Å². The van der Waals surface area contributed by atoms with Crippen LogP contribution in [0.2, 0.25) is 0 Å². The predicted molar refractivity (Wildman–Crippen MR) is 179 cm³/mol. The molecule has 0 saturated carbocycles. The highest BCUT2D eigenvalue weighted by atomic mass is 32.1. The van der Waals surface area contributed by atoms with Crippen molar-refractivity contribution in [1.29, 1.82) is 0 Å². The Hall–Kier alpha value is -4.98. The van der Waals surface area contributed by atoms with Gasteiger partial charge in [-0.3, -0.25) is 0 Å². The van der Waals surface area contributed by atoms with Crippen LogP contribution in [0.15, 0.2) is 157 Å². The number of hydrogen-bond acceptors (Lipinski definition) is 1. The number of hydrogen-bond donors (Lipinski definition) is 0. The standard InChI is InChI=1S/C40H26S/c1-4-14-27(15-5-1)30-24-35(28-16-6-2-7-17-28)40-36(25-30)37(26-41-40)39-33-22-12-10-20-31(33)38(29-18-8-3-9-19-29)32-21-11-13-23-34(32)39/h1-26H/i3D,8D,9D,18D,19D. The molecule has 0 unspecified atom stereocenters. The zero-order valence-corrected chi connectivity index (χ0v) is 22.8. The molecule has 1 heteroatoms. The van der Waals surface area contributed by atoms with Crippen molar-refractivity contribution in [1.82, 2.24) is 0 Å². The molecule has 0 aliphatic heterocycles. The minimum absolute atomic E-state index is 0.199. The van der Waals surface area contributed by atoms with Gasteiger partial charge in [0.15, 0.2) is 0 Å². The van der Waals surface area contributed by atoms with Crippen LogP contribution in [0, 0.1) is 0 Å². The first-order valence-corrected chi connectivity index (χ1v) is 14.5.